The SMILES string of the molecule is Cc1ccccc1CC(=O)NC(=S)Nc1sc2c(c1C#N)CCC2. The van der Waals surface area contributed by atoms with E-state index in [9.17, 15) is 10.1 Å². The van der Waals surface area contributed by atoms with Gasteiger partial charge in [0, 0.05) is 4.88 Å². The highest BCUT2D eigenvalue weighted by molar-refractivity contribution is 7.80. The van der Waals surface area contributed by atoms with E-state index in [0.29, 0.717) is 5.56 Å². The molecule has 0 saturated heterocycles. The number of nitrogens with zero attached hydrogens (tertiary/aromatic N) is 1. The van der Waals surface area contributed by atoms with Gasteiger partial charge in [0.25, 0.3) is 0 Å². The standard InChI is InChI=1S/C18H17N3OS2/c1-11-5-2-3-6-12(11)9-16(22)20-18(23)21-17-14(10-19)13-7-4-8-15(13)24-17/h2-3,5-6H,4,7-9H2,1H3,(H2,20,21,22,23). The third kappa shape index (κ3) is 3.48. The summed E-state index contributed by atoms with van der Waals surface area (Å²) in [5.74, 6) is -0.163. The van der Waals surface area contributed by atoms with Gasteiger partial charge in [0.1, 0.15) is 11.1 Å². The van der Waals surface area contributed by atoms with Crippen LogP contribution in [0.25, 0.3) is 0 Å². The lowest BCUT2D eigenvalue weighted by Crippen LogP contribution is -2.35. The first-order valence-corrected chi connectivity index (χ1v) is 9.01. The number of anilines is 1. The lowest BCUT2D eigenvalue weighted by molar-refractivity contribution is -0.119. The minimum atomic E-state index is -0.163. The molecule has 0 fully saturated rings. The van der Waals surface area contributed by atoms with Crippen molar-refractivity contribution in [1.29, 1.82) is 5.26 Å². The van der Waals surface area contributed by atoms with Gasteiger partial charge in [-0.1, -0.05) is 24.3 Å². The molecule has 24 heavy (non-hydrogen) atoms. The number of aryl methyl sites for hydroxylation is 2. The van der Waals surface area contributed by atoms with Crippen molar-refractivity contribution in [1.82, 2.24) is 5.32 Å². The Labute approximate surface area is 150 Å². The summed E-state index contributed by atoms with van der Waals surface area (Å²) < 4.78 is 0. The maximum absolute atomic E-state index is 12.2. The number of carbonyl (C=O) groups is 1. The van der Waals surface area contributed by atoms with E-state index in [0.717, 1.165) is 41.0 Å². The number of nitriles is 1. The van der Waals surface area contributed by atoms with E-state index in [-0.39, 0.29) is 17.4 Å². The van der Waals surface area contributed by atoms with E-state index >= 15 is 0 Å². The Kier molecular flexibility index (Phi) is 4.93. The van der Waals surface area contributed by atoms with Gasteiger partial charge in [-0.15, -0.1) is 11.3 Å². The van der Waals surface area contributed by atoms with Crippen molar-refractivity contribution < 1.29 is 4.79 Å². The zero-order valence-corrected chi connectivity index (χ0v) is 14.9. The number of amides is 1. The van der Waals surface area contributed by atoms with E-state index in [1.54, 1.807) is 11.3 Å². The molecule has 122 valence electrons. The fourth-order valence-electron chi connectivity index (χ4n) is 2.90. The van der Waals surface area contributed by atoms with Crippen LogP contribution in [0.3, 0.4) is 0 Å². The zero-order valence-electron chi connectivity index (χ0n) is 13.3. The van der Waals surface area contributed by atoms with Crippen LogP contribution in [0.4, 0.5) is 5.00 Å². The van der Waals surface area contributed by atoms with Crippen molar-refractivity contribution >= 4 is 39.6 Å². The second-order valence-corrected chi connectivity index (χ2v) is 7.29. The molecule has 0 atom stereocenters. The Morgan fingerprint density at radius 2 is 2.17 bits per heavy atom. The lowest BCUT2D eigenvalue weighted by Gasteiger charge is -2.10. The van der Waals surface area contributed by atoms with E-state index in [4.69, 9.17) is 12.2 Å². The van der Waals surface area contributed by atoms with Crippen molar-refractivity contribution in [2.75, 3.05) is 5.32 Å². The zero-order chi connectivity index (χ0) is 17.1. The molecule has 1 aromatic heterocycles. The van der Waals surface area contributed by atoms with Gasteiger partial charge in [-0.2, -0.15) is 5.26 Å². The highest BCUT2D eigenvalue weighted by Crippen LogP contribution is 2.38. The molecule has 0 aliphatic heterocycles. The predicted molar refractivity (Wildman–Crippen MR) is 100 cm³/mol. The molecule has 1 aromatic carbocycles. The fraction of sp³-hybridized carbons (Fsp3) is 0.278. The van der Waals surface area contributed by atoms with Gasteiger partial charge in [-0.3, -0.25) is 4.79 Å². The number of hydrogen-bond acceptors (Lipinski definition) is 4. The van der Waals surface area contributed by atoms with Crippen molar-refractivity contribution in [3.63, 3.8) is 0 Å². The highest BCUT2D eigenvalue weighted by atomic mass is 32.1. The molecule has 0 spiro atoms. The summed E-state index contributed by atoms with van der Waals surface area (Å²) in [6.07, 6.45) is 3.35. The van der Waals surface area contributed by atoms with Crippen molar-refractivity contribution in [3.05, 3.63) is 51.4 Å². The van der Waals surface area contributed by atoms with Gasteiger partial charge in [0.2, 0.25) is 5.91 Å². The Morgan fingerprint density at radius 1 is 1.38 bits per heavy atom. The van der Waals surface area contributed by atoms with E-state index in [1.807, 2.05) is 31.2 Å². The van der Waals surface area contributed by atoms with E-state index < -0.39 is 0 Å². The van der Waals surface area contributed by atoms with Crippen LogP contribution in [-0.2, 0) is 24.1 Å². The topological polar surface area (TPSA) is 64.9 Å². The second kappa shape index (κ2) is 7.12. The summed E-state index contributed by atoms with van der Waals surface area (Å²) >= 11 is 6.79. The quantitative estimate of drug-likeness (QED) is 0.828. The van der Waals surface area contributed by atoms with Gasteiger partial charge in [0.15, 0.2) is 5.11 Å². The molecule has 2 N–H and O–H groups in total. The smallest absolute Gasteiger partial charge is 0.230 e. The monoisotopic (exact) mass is 355 g/mol. The molecular formula is C18H17N3OS2. The Balaban J connectivity index is 1.63. The summed E-state index contributed by atoms with van der Waals surface area (Å²) in [5.41, 5.74) is 3.86. The molecule has 0 unspecified atom stereocenters. The minimum Gasteiger partial charge on any atom is -0.323 e. The van der Waals surface area contributed by atoms with Gasteiger partial charge >= 0.3 is 0 Å². The molecule has 2 aromatic rings. The summed E-state index contributed by atoms with van der Waals surface area (Å²) in [5, 5.41) is 16.1. The fourth-order valence-corrected chi connectivity index (χ4v) is 4.42. The van der Waals surface area contributed by atoms with Gasteiger partial charge in [-0.25, -0.2) is 0 Å². The molecule has 1 aliphatic rings. The van der Waals surface area contributed by atoms with Crippen molar-refractivity contribution in [2.24, 2.45) is 0 Å². The molecule has 0 saturated carbocycles. The predicted octanol–water partition coefficient (Wildman–Crippen LogP) is 3.47. The summed E-state index contributed by atoms with van der Waals surface area (Å²) in [4.78, 5) is 13.4. The van der Waals surface area contributed by atoms with Crippen LogP contribution in [0.5, 0.6) is 0 Å². The Hall–Kier alpha value is -2.23. The average molecular weight is 355 g/mol. The van der Waals surface area contributed by atoms with Gasteiger partial charge in [-0.05, 0) is 55.1 Å². The molecule has 1 amide bonds. The summed E-state index contributed by atoms with van der Waals surface area (Å²) in [6.45, 7) is 1.98. The van der Waals surface area contributed by atoms with Crippen LogP contribution in [0.2, 0.25) is 0 Å². The van der Waals surface area contributed by atoms with Gasteiger partial charge < -0.3 is 10.6 Å². The molecule has 1 aliphatic carbocycles. The van der Waals surface area contributed by atoms with Crippen molar-refractivity contribution in [3.8, 4) is 6.07 Å². The molecule has 1 heterocycles. The number of rotatable bonds is 3. The number of carbonyl (C=O) groups excluding carboxylic acids is 1. The van der Waals surface area contributed by atoms with Crippen LogP contribution in [0, 0.1) is 18.3 Å². The number of hydrogen-bond donors (Lipinski definition) is 2. The maximum Gasteiger partial charge on any atom is 0.230 e. The molecular weight excluding hydrogens is 338 g/mol. The van der Waals surface area contributed by atoms with Crippen LogP contribution in [0.1, 0.15) is 33.6 Å². The molecule has 6 heteroatoms. The maximum atomic E-state index is 12.2. The van der Waals surface area contributed by atoms with Crippen LogP contribution >= 0.6 is 23.6 Å². The normalized spacial score (nSPS) is 12.3. The van der Waals surface area contributed by atoms with Gasteiger partial charge in [0.05, 0.1) is 12.0 Å². The molecule has 4 nitrogen and oxygen atoms in total. The molecule has 3 rings (SSSR count). The largest absolute Gasteiger partial charge is 0.323 e. The first-order chi connectivity index (χ1) is 11.6. The average Bonchev–Trinajstić information content (AvgIpc) is 3.09. The Morgan fingerprint density at radius 3 is 2.92 bits per heavy atom. The Bertz CT molecular complexity index is 848. The first-order valence-electron chi connectivity index (χ1n) is 7.78. The van der Waals surface area contributed by atoms with Crippen LogP contribution < -0.4 is 10.6 Å². The number of nitrogens with one attached hydrogen (secondary N) is 2. The third-order valence-electron chi connectivity index (χ3n) is 4.13. The van der Waals surface area contributed by atoms with Crippen LogP contribution in [0.15, 0.2) is 24.3 Å². The minimum absolute atomic E-state index is 0.163. The highest BCUT2D eigenvalue weighted by Gasteiger charge is 2.22. The first kappa shape index (κ1) is 16.6. The number of fused-ring (bicyclic) bond motifs is 1. The lowest BCUT2D eigenvalue weighted by atomic mass is 10.1. The summed E-state index contributed by atoms with van der Waals surface area (Å²) in [7, 11) is 0. The molecule has 0 radical (unpaired) electrons. The summed E-state index contributed by atoms with van der Waals surface area (Å²) in [6, 6.07) is 10.0. The number of thiocarbonyl (C=S) groups is 1. The number of thiophene rings is 1. The van der Waals surface area contributed by atoms with E-state index in [2.05, 4.69) is 16.7 Å². The van der Waals surface area contributed by atoms with E-state index in [1.165, 1.54) is 4.88 Å². The van der Waals surface area contributed by atoms with Crippen LogP contribution in [-0.4, -0.2) is 11.0 Å². The van der Waals surface area contributed by atoms with Crippen molar-refractivity contribution in [2.45, 2.75) is 32.6 Å². The number of benzene rings is 1. The third-order valence-corrected chi connectivity index (χ3v) is 5.54. The second-order valence-electron chi connectivity index (χ2n) is 5.78. The molecule has 0 bridgehead atoms.